The topological polar surface area (TPSA) is 54.5 Å². The van der Waals surface area contributed by atoms with Crippen LogP contribution in [0, 0.1) is 11.3 Å². The number of piperidine rings is 1. The van der Waals surface area contributed by atoms with Crippen molar-refractivity contribution in [3.63, 3.8) is 0 Å². The van der Waals surface area contributed by atoms with E-state index in [0.717, 1.165) is 5.56 Å². The average Bonchev–Trinajstić information content (AvgIpc) is 2.82. The Morgan fingerprint density at radius 2 is 1.89 bits per heavy atom. The summed E-state index contributed by atoms with van der Waals surface area (Å²) >= 11 is 12.7. The summed E-state index contributed by atoms with van der Waals surface area (Å²) in [6.07, 6.45) is 8.15. The minimum absolute atomic E-state index is 0.0833. The molecule has 4 nitrogen and oxygen atoms in total. The number of carbonyl (C=O) groups is 1. The van der Waals surface area contributed by atoms with Gasteiger partial charge in [0.2, 0.25) is 5.91 Å². The first-order valence-corrected chi connectivity index (χ1v) is 15.2. The Bertz CT molecular complexity index is 1170. The molecule has 0 saturated carbocycles. The van der Waals surface area contributed by atoms with Crippen LogP contribution in [0.25, 0.3) is 0 Å². The van der Waals surface area contributed by atoms with Crippen molar-refractivity contribution in [2.45, 2.75) is 77.6 Å². The van der Waals surface area contributed by atoms with Crippen LogP contribution in [0.2, 0.25) is 5.02 Å². The zero-order valence-electron chi connectivity index (χ0n) is 22.9. The van der Waals surface area contributed by atoms with E-state index in [9.17, 15) is 13.2 Å². The maximum Gasteiger partial charge on any atom is 0.229 e. The highest BCUT2D eigenvalue weighted by Gasteiger charge is 2.52. The van der Waals surface area contributed by atoms with Crippen molar-refractivity contribution >= 4 is 38.9 Å². The summed E-state index contributed by atoms with van der Waals surface area (Å²) in [6, 6.07) is 6.64. The fourth-order valence-electron chi connectivity index (χ4n) is 5.04. The third kappa shape index (κ3) is 7.40. The van der Waals surface area contributed by atoms with Crippen LogP contribution in [0.5, 0.6) is 0 Å². The number of rotatable bonds is 11. The van der Waals surface area contributed by atoms with Crippen LogP contribution < -0.4 is 0 Å². The fourth-order valence-corrected chi connectivity index (χ4v) is 6.71. The van der Waals surface area contributed by atoms with E-state index in [-0.39, 0.29) is 23.5 Å². The zero-order valence-corrected chi connectivity index (χ0v) is 25.2. The molecule has 0 aromatic heterocycles. The number of allylic oxidation sites excluding steroid dienone is 4. The Morgan fingerprint density at radius 3 is 2.41 bits per heavy atom. The second kappa shape index (κ2) is 12.8. The van der Waals surface area contributed by atoms with E-state index in [2.05, 4.69) is 13.2 Å². The Balaban J connectivity index is 2.83. The van der Waals surface area contributed by atoms with Gasteiger partial charge in [0.1, 0.15) is 0 Å². The lowest BCUT2D eigenvalue weighted by Gasteiger charge is -2.53. The first-order chi connectivity index (χ1) is 17.2. The van der Waals surface area contributed by atoms with Crippen LogP contribution in [0.1, 0.15) is 65.9 Å². The molecule has 2 rings (SSSR count). The van der Waals surface area contributed by atoms with E-state index in [1.807, 2.05) is 58.0 Å². The Kier molecular flexibility index (Phi) is 10.9. The number of hydrogen-bond donors (Lipinski definition) is 0. The second-order valence-corrected chi connectivity index (χ2v) is 14.3. The van der Waals surface area contributed by atoms with Gasteiger partial charge >= 0.3 is 0 Å². The summed E-state index contributed by atoms with van der Waals surface area (Å²) in [5, 5.41) is 0.603. The Morgan fingerprint density at radius 1 is 1.24 bits per heavy atom. The molecule has 4 atom stereocenters. The molecular formula is C30H41Cl2NO3S. The first kappa shape index (κ1) is 31.4. The summed E-state index contributed by atoms with van der Waals surface area (Å²) in [5.41, 5.74) is 0.906. The molecule has 0 aliphatic carbocycles. The summed E-state index contributed by atoms with van der Waals surface area (Å²) in [6.45, 7) is 19.4. The smallest absolute Gasteiger partial charge is 0.229 e. The van der Waals surface area contributed by atoms with Crippen molar-refractivity contribution in [1.82, 2.24) is 4.90 Å². The van der Waals surface area contributed by atoms with E-state index in [1.165, 1.54) is 0 Å². The first-order valence-electron chi connectivity index (χ1n) is 12.8. The minimum Gasteiger partial charge on any atom is -0.330 e. The van der Waals surface area contributed by atoms with Gasteiger partial charge in [-0.1, -0.05) is 80.9 Å². The van der Waals surface area contributed by atoms with E-state index < -0.39 is 32.6 Å². The number of nitrogens with zero attached hydrogens (tertiary/aromatic N) is 1. The second-order valence-electron chi connectivity index (χ2n) is 10.8. The number of hydrogen-bond acceptors (Lipinski definition) is 3. The van der Waals surface area contributed by atoms with Crippen molar-refractivity contribution in [3.8, 4) is 0 Å². The molecule has 0 bridgehead atoms. The van der Waals surface area contributed by atoms with Crippen LogP contribution in [0.15, 0.2) is 72.3 Å². The maximum absolute atomic E-state index is 14.3. The number of benzene rings is 1. The average molecular weight is 567 g/mol. The fraction of sp³-hybridized carbons (Fsp3) is 0.500. The van der Waals surface area contributed by atoms with E-state index >= 15 is 0 Å². The van der Waals surface area contributed by atoms with Crippen molar-refractivity contribution < 1.29 is 13.2 Å². The molecule has 1 fully saturated rings. The largest absolute Gasteiger partial charge is 0.330 e. The van der Waals surface area contributed by atoms with Gasteiger partial charge in [0.15, 0.2) is 9.84 Å². The third-order valence-electron chi connectivity index (χ3n) is 7.33. The predicted octanol–water partition coefficient (Wildman–Crippen LogP) is 7.71. The number of carbonyl (C=O) groups excluding carboxylic acids is 1. The Hall–Kier alpha value is -1.82. The molecule has 1 aliphatic heterocycles. The van der Waals surface area contributed by atoms with E-state index in [4.69, 9.17) is 23.2 Å². The summed E-state index contributed by atoms with van der Waals surface area (Å²) in [7, 11) is -3.45. The number of likely N-dealkylation sites (tertiary alicyclic amines) is 1. The molecule has 0 radical (unpaired) electrons. The van der Waals surface area contributed by atoms with Crippen LogP contribution in [-0.4, -0.2) is 42.3 Å². The van der Waals surface area contributed by atoms with Gasteiger partial charge in [-0.05, 0) is 68.9 Å². The van der Waals surface area contributed by atoms with Gasteiger partial charge in [0, 0.05) is 22.0 Å². The quantitative estimate of drug-likeness (QED) is 0.204. The molecule has 0 spiro atoms. The predicted molar refractivity (Wildman–Crippen MR) is 158 cm³/mol. The molecule has 1 aromatic carbocycles. The van der Waals surface area contributed by atoms with Crippen molar-refractivity contribution in [2.24, 2.45) is 11.3 Å². The summed E-state index contributed by atoms with van der Waals surface area (Å²) in [5.74, 6) is -0.475. The number of halogens is 2. The molecule has 1 heterocycles. The molecule has 0 unspecified atom stereocenters. The molecule has 1 saturated heterocycles. The summed E-state index contributed by atoms with van der Waals surface area (Å²) < 4.78 is 26.4. The maximum atomic E-state index is 14.3. The third-order valence-corrected chi connectivity index (χ3v) is 10.2. The molecule has 1 aromatic rings. The molecule has 1 amide bonds. The van der Waals surface area contributed by atoms with Gasteiger partial charge in [-0.15, -0.1) is 6.58 Å². The van der Waals surface area contributed by atoms with Crippen LogP contribution >= 0.6 is 23.2 Å². The lowest BCUT2D eigenvalue weighted by atomic mass is 9.66. The Labute approximate surface area is 234 Å². The lowest BCUT2D eigenvalue weighted by molar-refractivity contribution is -0.153. The van der Waals surface area contributed by atoms with Crippen molar-refractivity contribution in [1.29, 1.82) is 0 Å². The zero-order chi connectivity index (χ0) is 28.1. The molecule has 1 aliphatic rings. The van der Waals surface area contributed by atoms with Crippen molar-refractivity contribution in [3.05, 3.63) is 82.9 Å². The van der Waals surface area contributed by atoms with Gasteiger partial charge in [-0.25, -0.2) is 8.42 Å². The standard InChI is InChI=1S/C30H41Cl2NO3S/c1-9-16-30(8)18-26(23-12-11-13-25(32)17-23)28(22(7)14-15-24(31)10-2)33(29(30)34)27(20(3)4)19-37(35,36)21(5)6/h9-15,17,20-21,26-28H,1,7,16,18-19H2,2-6,8H3/b15-14-,24-10+/t26-,27-,28-,30+/m1/s1. The normalized spacial score (nSPS) is 24.2. The molecule has 37 heavy (non-hydrogen) atoms. The minimum atomic E-state index is -3.45. The van der Waals surface area contributed by atoms with Gasteiger partial charge in [-0.3, -0.25) is 4.79 Å². The van der Waals surface area contributed by atoms with Gasteiger partial charge in [0.25, 0.3) is 0 Å². The SMILES string of the molecule is C=CC[C@@]1(C)C[C@H](c2cccc(Cl)c2)[C@@H](C(=C)/C=C\C(Cl)=C/C)N([C@H](CS(=O)(=O)C(C)C)C(C)C)C1=O. The van der Waals surface area contributed by atoms with Gasteiger partial charge in [-0.2, -0.15) is 0 Å². The van der Waals surface area contributed by atoms with Gasteiger partial charge < -0.3 is 4.90 Å². The van der Waals surface area contributed by atoms with E-state index in [1.54, 1.807) is 37.0 Å². The van der Waals surface area contributed by atoms with Crippen LogP contribution in [-0.2, 0) is 14.6 Å². The molecular weight excluding hydrogens is 525 g/mol. The highest BCUT2D eigenvalue weighted by atomic mass is 35.5. The monoisotopic (exact) mass is 565 g/mol. The molecule has 7 heteroatoms. The van der Waals surface area contributed by atoms with Gasteiger partial charge in [0.05, 0.1) is 22.5 Å². The molecule has 204 valence electrons. The highest BCUT2D eigenvalue weighted by molar-refractivity contribution is 7.92. The number of amides is 1. The van der Waals surface area contributed by atoms with Crippen LogP contribution in [0.3, 0.4) is 0 Å². The number of sulfone groups is 1. The molecule has 0 N–H and O–H groups in total. The highest BCUT2D eigenvalue weighted by Crippen LogP contribution is 2.48. The van der Waals surface area contributed by atoms with Crippen LogP contribution in [0.4, 0.5) is 0 Å². The van der Waals surface area contributed by atoms with Crippen molar-refractivity contribution in [2.75, 3.05) is 5.75 Å². The lowest BCUT2D eigenvalue weighted by Crippen LogP contribution is -2.62. The van der Waals surface area contributed by atoms with E-state index in [0.29, 0.717) is 28.5 Å². The summed E-state index contributed by atoms with van der Waals surface area (Å²) in [4.78, 5) is 16.2.